The fourth-order valence-corrected chi connectivity index (χ4v) is 5.15. The number of aromatic nitrogens is 6. The third kappa shape index (κ3) is 2.89. The van der Waals surface area contributed by atoms with E-state index in [1.54, 1.807) is 17.9 Å². The molecule has 4 aromatic rings. The highest BCUT2D eigenvalue weighted by Gasteiger charge is 2.47. The average molecular weight is 428 g/mol. The van der Waals surface area contributed by atoms with Gasteiger partial charge in [0.1, 0.15) is 12.9 Å². The molecule has 0 amide bonds. The monoisotopic (exact) mass is 428 g/mol. The molecule has 3 aromatic heterocycles. The number of imidazole rings is 1. The summed E-state index contributed by atoms with van der Waals surface area (Å²) in [6.07, 6.45) is 5.06. The Bertz CT molecular complexity index is 1430. The van der Waals surface area contributed by atoms with Crippen molar-refractivity contribution in [2.75, 3.05) is 11.4 Å². The number of hydrogen-bond donors (Lipinski definition) is 0. The van der Waals surface area contributed by atoms with E-state index in [1.165, 1.54) is 10.9 Å². The summed E-state index contributed by atoms with van der Waals surface area (Å²) in [6.45, 7) is 1.09. The van der Waals surface area contributed by atoms with Crippen LogP contribution in [0.25, 0.3) is 11.2 Å². The lowest BCUT2D eigenvalue weighted by Gasteiger charge is -2.32. The van der Waals surface area contributed by atoms with Crippen molar-refractivity contribution in [3.05, 3.63) is 64.6 Å². The first-order chi connectivity index (χ1) is 15.6. The van der Waals surface area contributed by atoms with Crippen molar-refractivity contribution < 1.29 is 4.52 Å². The van der Waals surface area contributed by atoms with Crippen molar-refractivity contribution in [2.24, 2.45) is 13.0 Å². The van der Waals surface area contributed by atoms with E-state index in [4.69, 9.17) is 4.52 Å². The number of aryl methyl sites for hydroxylation is 1. The maximum Gasteiger partial charge on any atom is 0.280 e. The zero-order valence-corrected chi connectivity index (χ0v) is 17.4. The number of fused-ring (bicyclic) bond motifs is 3. The van der Waals surface area contributed by atoms with Gasteiger partial charge in [-0.2, -0.15) is 10.2 Å². The first-order valence-electron chi connectivity index (χ1n) is 10.6. The van der Waals surface area contributed by atoms with E-state index in [1.807, 2.05) is 18.2 Å². The minimum Gasteiger partial charge on any atom is -0.368 e. The highest BCUT2D eigenvalue weighted by atomic mass is 16.5. The van der Waals surface area contributed by atoms with Gasteiger partial charge in [-0.25, -0.2) is 9.97 Å². The molecule has 1 unspecified atom stereocenters. The van der Waals surface area contributed by atoms with Crippen LogP contribution in [0.1, 0.15) is 36.0 Å². The molecular weight excluding hydrogens is 408 g/mol. The van der Waals surface area contributed by atoms with Gasteiger partial charge in [0.25, 0.3) is 5.56 Å². The van der Waals surface area contributed by atoms with Gasteiger partial charge in [0.2, 0.25) is 5.89 Å². The predicted molar refractivity (Wildman–Crippen MR) is 114 cm³/mol. The molecule has 4 heterocycles. The van der Waals surface area contributed by atoms with Gasteiger partial charge in [0, 0.05) is 31.2 Å². The highest BCUT2D eigenvalue weighted by Crippen LogP contribution is 2.48. The Morgan fingerprint density at radius 3 is 2.94 bits per heavy atom. The van der Waals surface area contributed by atoms with Crippen molar-refractivity contribution in [1.29, 1.82) is 5.26 Å². The summed E-state index contributed by atoms with van der Waals surface area (Å²) in [7, 11) is 1.77. The molecule has 2 fully saturated rings. The smallest absolute Gasteiger partial charge is 0.280 e. The second kappa shape index (κ2) is 7.02. The van der Waals surface area contributed by atoms with Crippen LogP contribution in [0.4, 0.5) is 5.69 Å². The Morgan fingerprint density at radius 2 is 2.12 bits per heavy atom. The topological polar surface area (TPSA) is 119 Å². The Labute approximate surface area is 182 Å². The van der Waals surface area contributed by atoms with E-state index >= 15 is 0 Å². The van der Waals surface area contributed by atoms with Gasteiger partial charge in [0.15, 0.2) is 17.0 Å². The van der Waals surface area contributed by atoms with Gasteiger partial charge in [-0.3, -0.25) is 9.36 Å². The third-order valence-electron chi connectivity index (χ3n) is 6.67. The Hall–Kier alpha value is -4.00. The zero-order valence-electron chi connectivity index (χ0n) is 17.4. The Balaban J connectivity index is 1.19. The number of nitrogens with zero attached hydrogens (tertiary/aromatic N) is 8. The van der Waals surface area contributed by atoms with Crippen molar-refractivity contribution in [3.8, 4) is 6.07 Å². The lowest BCUT2D eigenvalue weighted by Crippen LogP contribution is -2.35. The Kier molecular flexibility index (Phi) is 4.11. The van der Waals surface area contributed by atoms with Crippen molar-refractivity contribution in [2.45, 2.75) is 31.3 Å². The third-order valence-corrected chi connectivity index (χ3v) is 6.67. The first-order valence-corrected chi connectivity index (χ1v) is 10.6. The molecule has 10 heteroatoms. The molecular formula is C22H20N8O2. The summed E-state index contributed by atoms with van der Waals surface area (Å²) in [5.41, 5.74) is 2.46. The lowest BCUT2D eigenvalue weighted by molar-refractivity contribution is 0.353. The molecule has 0 N–H and O–H groups in total. The van der Waals surface area contributed by atoms with Crippen LogP contribution in [-0.4, -0.2) is 41.8 Å². The predicted octanol–water partition coefficient (Wildman–Crippen LogP) is 1.82. The molecule has 6 rings (SSSR count). The molecule has 160 valence electrons. The van der Waals surface area contributed by atoms with Gasteiger partial charge in [-0.15, -0.1) is 0 Å². The molecule has 0 radical (unpaired) electrons. The standard InChI is InChI=1S/C22H20N8O2/c1-28-11-24-21-19(28)22(31)29(12-25-21)10-18-26-20(27-32-18)17-7-16-6-14(17)9-30(16)15-4-2-3-13(5-15)8-23/h2-5,11-12,14,16-17H,6-7,9-10H2,1H3/t14-,16?,17+/m0/s1. The minimum atomic E-state index is -0.190. The van der Waals surface area contributed by atoms with Gasteiger partial charge >= 0.3 is 0 Å². The number of piperidine rings is 1. The largest absolute Gasteiger partial charge is 0.368 e. The van der Waals surface area contributed by atoms with Crippen LogP contribution in [0.2, 0.25) is 0 Å². The van der Waals surface area contributed by atoms with Crippen LogP contribution in [0.5, 0.6) is 0 Å². The van der Waals surface area contributed by atoms with Crippen LogP contribution in [0.3, 0.4) is 0 Å². The minimum absolute atomic E-state index is 0.174. The second-order valence-electron chi connectivity index (χ2n) is 8.56. The maximum absolute atomic E-state index is 12.7. The molecule has 1 aliphatic carbocycles. The van der Waals surface area contributed by atoms with Crippen molar-refractivity contribution in [1.82, 2.24) is 29.2 Å². The van der Waals surface area contributed by atoms with Crippen LogP contribution in [-0.2, 0) is 13.6 Å². The summed E-state index contributed by atoms with van der Waals surface area (Å²) >= 11 is 0. The Morgan fingerprint density at radius 1 is 1.25 bits per heavy atom. The maximum atomic E-state index is 12.7. The van der Waals surface area contributed by atoms with E-state index in [0.717, 1.165) is 25.1 Å². The van der Waals surface area contributed by atoms with E-state index in [-0.39, 0.29) is 18.0 Å². The van der Waals surface area contributed by atoms with Crippen molar-refractivity contribution >= 4 is 16.9 Å². The van der Waals surface area contributed by atoms with E-state index < -0.39 is 0 Å². The number of benzene rings is 1. The van der Waals surface area contributed by atoms with Crippen LogP contribution < -0.4 is 10.5 Å². The number of nitriles is 1. The van der Waals surface area contributed by atoms with Gasteiger partial charge in [0.05, 0.1) is 18.0 Å². The van der Waals surface area contributed by atoms with E-state index in [9.17, 15) is 10.1 Å². The molecule has 2 aliphatic rings. The van der Waals surface area contributed by atoms with Gasteiger partial charge < -0.3 is 14.0 Å². The molecule has 32 heavy (non-hydrogen) atoms. The normalized spacial score (nSPS) is 22.0. The van der Waals surface area contributed by atoms with E-state index in [2.05, 4.69) is 37.1 Å². The van der Waals surface area contributed by atoms with Gasteiger partial charge in [-0.1, -0.05) is 11.2 Å². The second-order valence-corrected chi connectivity index (χ2v) is 8.56. The molecule has 3 atom stereocenters. The SMILES string of the molecule is Cn1cnc2ncn(Cc3nc([C@@H]4CC5C[C@H]4CN5c4cccc(C#N)c4)no3)c(=O)c21. The molecule has 1 saturated heterocycles. The molecule has 10 nitrogen and oxygen atoms in total. The van der Waals surface area contributed by atoms with Crippen LogP contribution in [0.15, 0.2) is 46.2 Å². The first kappa shape index (κ1) is 18.7. The number of anilines is 1. The summed E-state index contributed by atoms with van der Waals surface area (Å²) < 4.78 is 8.61. The molecule has 1 saturated carbocycles. The van der Waals surface area contributed by atoms with Crippen molar-refractivity contribution in [3.63, 3.8) is 0 Å². The molecule has 2 bridgehead atoms. The summed E-state index contributed by atoms with van der Waals surface area (Å²) in [5.74, 6) is 1.78. The van der Waals surface area contributed by atoms with Crippen LogP contribution in [0, 0.1) is 17.2 Å². The fourth-order valence-electron chi connectivity index (χ4n) is 5.15. The number of hydrogen-bond acceptors (Lipinski definition) is 8. The zero-order chi connectivity index (χ0) is 21.8. The quantitative estimate of drug-likeness (QED) is 0.483. The molecule has 1 aromatic carbocycles. The summed E-state index contributed by atoms with van der Waals surface area (Å²) in [6, 6.07) is 10.4. The summed E-state index contributed by atoms with van der Waals surface area (Å²) in [4.78, 5) is 28.1. The van der Waals surface area contributed by atoms with Gasteiger partial charge in [-0.05, 0) is 37.0 Å². The fraction of sp³-hybridized carbons (Fsp3) is 0.364. The van der Waals surface area contributed by atoms with Crippen LogP contribution >= 0.6 is 0 Å². The highest BCUT2D eigenvalue weighted by molar-refractivity contribution is 5.68. The molecule has 1 aliphatic heterocycles. The van der Waals surface area contributed by atoms with E-state index in [0.29, 0.717) is 40.4 Å². The summed E-state index contributed by atoms with van der Waals surface area (Å²) in [5, 5.41) is 13.4. The average Bonchev–Trinajstić information content (AvgIpc) is 3.59. The lowest BCUT2D eigenvalue weighted by atomic mass is 9.93. The molecule has 0 spiro atoms. The number of rotatable bonds is 4.